The molecule has 2 fully saturated rings. The van der Waals surface area contributed by atoms with Gasteiger partial charge in [-0.25, -0.2) is 15.0 Å². The first-order chi connectivity index (χ1) is 20.5. The molecular formula is C28H47N4O11P. The van der Waals surface area contributed by atoms with Crippen LogP contribution in [0.15, 0.2) is 17.1 Å². The van der Waals surface area contributed by atoms with Crippen molar-refractivity contribution in [1.29, 1.82) is 0 Å². The SMILES string of the molecule is CCOCC(C=O)(CC(C)C)NP(=O)(NC(CC(C)C)C(=O)OCC)OC1C2OC(n3ccc(OC)nc3=O)C(C)(O)C21O. The fraction of sp³-hybridized carbons (Fsp3) is 0.786. The third-order valence-electron chi connectivity index (χ3n) is 7.66. The number of nitrogens with one attached hydrogen (secondary N) is 2. The third-order valence-corrected chi connectivity index (χ3v) is 9.58. The lowest BCUT2D eigenvalue weighted by molar-refractivity contribution is -0.157. The van der Waals surface area contributed by atoms with Gasteiger partial charge in [0.2, 0.25) is 5.88 Å². The van der Waals surface area contributed by atoms with Crippen molar-refractivity contribution >= 4 is 19.9 Å². The maximum absolute atomic E-state index is 14.7. The van der Waals surface area contributed by atoms with Crippen molar-refractivity contribution in [1.82, 2.24) is 19.7 Å². The minimum absolute atomic E-state index is 0.0361. The summed E-state index contributed by atoms with van der Waals surface area (Å²) < 4.78 is 43.4. The van der Waals surface area contributed by atoms with Crippen molar-refractivity contribution in [3.63, 3.8) is 0 Å². The van der Waals surface area contributed by atoms with Gasteiger partial charge in [0.05, 0.1) is 20.3 Å². The van der Waals surface area contributed by atoms with Crippen LogP contribution in [0.2, 0.25) is 0 Å². The van der Waals surface area contributed by atoms with Gasteiger partial charge in [-0.1, -0.05) is 27.7 Å². The summed E-state index contributed by atoms with van der Waals surface area (Å²) in [6, 6.07) is 0.274. The number of esters is 1. The number of hydrogen-bond donors (Lipinski definition) is 4. The van der Waals surface area contributed by atoms with Gasteiger partial charge in [-0.05, 0) is 45.4 Å². The topological polar surface area (TPSA) is 197 Å². The Hall–Kier alpha value is -2.23. The van der Waals surface area contributed by atoms with E-state index in [0.29, 0.717) is 6.29 Å². The zero-order chi connectivity index (χ0) is 33.1. The molecule has 3 rings (SSSR count). The van der Waals surface area contributed by atoms with Crippen LogP contribution in [0.4, 0.5) is 0 Å². The summed E-state index contributed by atoms with van der Waals surface area (Å²) in [5, 5.41) is 28.7. The zero-order valence-corrected chi connectivity index (χ0v) is 27.5. The summed E-state index contributed by atoms with van der Waals surface area (Å²) in [5.41, 5.74) is -6.56. The van der Waals surface area contributed by atoms with E-state index in [9.17, 15) is 29.2 Å². The molecule has 1 aromatic rings. The number of aldehydes is 1. The highest BCUT2D eigenvalue weighted by molar-refractivity contribution is 7.54. The van der Waals surface area contributed by atoms with Gasteiger partial charge in [-0.3, -0.25) is 18.5 Å². The van der Waals surface area contributed by atoms with Gasteiger partial charge < -0.3 is 34.0 Å². The second kappa shape index (κ2) is 14.0. The minimum Gasteiger partial charge on any atom is -0.481 e. The molecule has 0 amide bonds. The van der Waals surface area contributed by atoms with Crippen LogP contribution in [-0.2, 0) is 32.9 Å². The van der Waals surface area contributed by atoms with Crippen molar-refractivity contribution in [2.45, 2.75) is 103 Å². The fourth-order valence-electron chi connectivity index (χ4n) is 5.62. The molecule has 15 nitrogen and oxygen atoms in total. The molecule has 2 aliphatic rings. The molecule has 1 aliphatic heterocycles. The number of ether oxygens (including phenoxy) is 4. The Morgan fingerprint density at radius 3 is 2.41 bits per heavy atom. The van der Waals surface area contributed by atoms with Crippen LogP contribution in [0.1, 0.15) is 67.5 Å². The number of nitrogens with zero attached hydrogens (tertiary/aromatic N) is 2. The number of carbonyl (C=O) groups excluding carboxylic acids is 2. The summed E-state index contributed by atoms with van der Waals surface area (Å²) in [4.78, 5) is 41.9. The smallest absolute Gasteiger partial charge is 0.353 e. The van der Waals surface area contributed by atoms with Crippen molar-refractivity contribution in [3.8, 4) is 5.88 Å². The van der Waals surface area contributed by atoms with Crippen LogP contribution in [0.5, 0.6) is 5.88 Å². The number of carbonyl (C=O) groups is 2. The third kappa shape index (κ3) is 7.42. The number of methoxy groups -OCH3 is 1. The van der Waals surface area contributed by atoms with Crippen LogP contribution >= 0.6 is 7.67 Å². The monoisotopic (exact) mass is 646 g/mol. The van der Waals surface area contributed by atoms with E-state index in [1.807, 2.05) is 27.7 Å². The lowest BCUT2D eigenvalue weighted by atomic mass is 9.92. The van der Waals surface area contributed by atoms with Gasteiger partial charge >= 0.3 is 19.3 Å². The van der Waals surface area contributed by atoms with Crippen LogP contribution in [0, 0.1) is 11.8 Å². The normalized spacial score (nSPS) is 29.5. The molecule has 1 aromatic heterocycles. The van der Waals surface area contributed by atoms with Crippen LogP contribution in [-0.4, -0.2) is 93.9 Å². The molecule has 16 heteroatoms. The second-order valence-electron chi connectivity index (χ2n) is 12.3. The van der Waals surface area contributed by atoms with Gasteiger partial charge in [0.25, 0.3) is 0 Å². The molecular weight excluding hydrogens is 599 g/mol. The molecule has 2 heterocycles. The van der Waals surface area contributed by atoms with E-state index in [1.165, 1.54) is 26.3 Å². The molecule has 44 heavy (non-hydrogen) atoms. The molecule has 8 unspecified atom stereocenters. The first kappa shape index (κ1) is 36.2. The van der Waals surface area contributed by atoms with Crippen molar-refractivity contribution in [2.24, 2.45) is 11.8 Å². The predicted octanol–water partition coefficient (Wildman–Crippen LogP) is 1.32. The highest BCUT2D eigenvalue weighted by Gasteiger charge is 2.84. The molecule has 1 saturated carbocycles. The quantitative estimate of drug-likeness (QED) is 0.101. The highest BCUT2D eigenvalue weighted by atomic mass is 31.2. The standard InChI is InChI=1S/C28H47N4O11P/c1-9-40-16-27(15-33,14-18(5)6)31-44(38,30-19(13-17(3)4)23(34)41-10-2)43-22-21-28(22,37)26(7,36)24(42-21)32-12-11-20(39-8)29-25(32)35/h11-12,15,17-19,21-22,24,36-37H,9-10,13-14,16H2,1-8H3,(H2,30,31,38). The average Bonchev–Trinajstić information content (AvgIpc) is 3.43. The Morgan fingerprint density at radius 1 is 1.25 bits per heavy atom. The van der Waals surface area contributed by atoms with Gasteiger partial charge in [0.1, 0.15) is 35.7 Å². The summed E-state index contributed by atoms with van der Waals surface area (Å²) in [6.45, 7) is 12.3. The lowest BCUT2D eigenvalue weighted by Gasteiger charge is -2.37. The Kier molecular flexibility index (Phi) is 11.6. The van der Waals surface area contributed by atoms with E-state index >= 15 is 0 Å². The predicted molar refractivity (Wildman–Crippen MR) is 158 cm³/mol. The summed E-state index contributed by atoms with van der Waals surface area (Å²) in [5.74, 6) is -0.715. The molecule has 0 spiro atoms. The minimum atomic E-state index is -4.46. The molecule has 1 aliphatic carbocycles. The molecule has 250 valence electrons. The molecule has 0 radical (unpaired) electrons. The van der Waals surface area contributed by atoms with Crippen LogP contribution in [0.25, 0.3) is 0 Å². The summed E-state index contributed by atoms with van der Waals surface area (Å²) in [6.07, 6.45) is -1.69. The van der Waals surface area contributed by atoms with Crippen molar-refractivity contribution < 1.29 is 47.8 Å². The summed E-state index contributed by atoms with van der Waals surface area (Å²) >= 11 is 0. The maximum Gasteiger partial charge on any atom is 0.353 e. The molecule has 4 N–H and O–H groups in total. The van der Waals surface area contributed by atoms with Crippen LogP contribution < -0.4 is 20.6 Å². The molecule has 8 atom stereocenters. The Morgan fingerprint density at radius 2 is 1.93 bits per heavy atom. The van der Waals surface area contributed by atoms with E-state index in [1.54, 1.807) is 13.8 Å². The molecule has 1 saturated heterocycles. The number of aliphatic hydroxyl groups is 2. The van der Waals surface area contributed by atoms with E-state index in [0.717, 1.165) is 4.57 Å². The van der Waals surface area contributed by atoms with Gasteiger partial charge in [-0.15, -0.1) is 0 Å². The van der Waals surface area contributed by atoms with Crippen molar-refractivity contribution in [2.75, 3.05) is 26.9 Å². The Labute approximate surface area is 257 Å². The first-order valence-electron chi connectivity index (χ1n) is 14.8. The number of aromatic nitrogens is 2. The number of rotatable bonds is 18. The highest BCUT2D eigenvalue weighted by Crippen LogP contribution is 2.64. The largest absolute Gasteiger partial charge is 0.481 e. The van der Waals surface area contributed by atoms with Gasteiger partial charge in [0, 0.05) is 18.9 Å². The van der Waals surface area contributed by atoms with E-state index in [2.05, 4.69) is 15.2 Å². The number of hydrogen-bond acceptors (Lipinski definition) is 12. The van der Waals surface area contributed by atoms with E-state index in [-0.39, 0.29) is 50.4 Å². The Bertz CT molecular complexity index is 1270. The molecule has 0 aromatic carbocycles. The molecule has 0 bridgehead atoms. The Balaban J connectivity index is 1.99. The maximum atomic E-state index is 14.7. The van der Waals surface area contributed by atoms with Crippen LogP contribution in [0.3, 0.4) is 0 Å². The fourth-order valence-corrected chi connectivity index (χ4v) is 7.80. The second-order valence-corrected chi connectivity index (χ2v) is 14.1. The lowest BCUT2D eigenvalue weighted by Crippen LogP contribution is -2.54. The van der Waals surface area contributed by atoms with E-state index < -0.39 is 60.5 Å². The van der Waals surface area contributed by atoms with E-state index in [4.69, 9.17) is 23.5 Å². The first-order valence-corrected chi connectivity index (χ1v) is 16.4. The summed E-state index contributed by atoms with van der Waals surface area (Å²) in [7, 11) is -3.12. The zero-order valence-electron chi connectivity index (χ0n) is 26.6. The number of fused-ring (bicyclic) bond motifs is 1. The van der Waals surface area contributed by atoms with Gasteiger partial charge in [-0.2, -0.15) is 4.98 Å². The average molecular weight is 647 g/mol. The van der Waals surface area contributed by atoms with Crippen molar-refractivity contribution in [3.05, 3.63) is 22.7 Å². The van der Waals surface area contributed by atoms with Gasteiger partial charge in [0.15, 0.2) is 11.8 Å².